The summed E-state index contributed by atoms with van der Waals surface area (Å²) in [6, 6.07) is 9.42. The summed E-state index contributed by atoms with van der Waals surface area (Å²) in [7, 11) is 0. The Morgan fingerprint density at radius 3 is 2.65 bits per heavy atom. The number of hydrogen-bond donors (Lipinski definition) is 2. The van der Waals surface area contributed by atoms with E-state index in [1.807, 2.05) is 30.3 Å². The van der Waals surface area contributed by atoms with Gasteiger partial charge in [-0.25, -0.2) is 4.79 Å². The van der Waals surface area contributed by atoms with E-state index in [0.717, 1.165) is 15.0 Å². The van der Waals surface area contributed by atoms with Gasteiger partial charge >= 0.3 is 6.03 Å². The molecular formula is C12H10N2O2S. The number of rotatable bonds is 1. The predicted octanol–water partition coefficient (Wildman–Crippen LogP) is 1.96. The van der Waals surface area contributed by atoms with Crippen molar-refractivity contribution in [2.45, 2.75) is 12.5 Å². The highest BCUT2D eigenvalue weighted by Gasteiger charge is 2.44. The number of carbonyl (C=O) groups is 2. The Hall–Kier alpha value is -1.88. The van der Waals surface area contributed by atoms with Crippen LogP contribution in [0.3, 0.4) is 0 Å². The molecule has 1 fully saturated rings. The fourth-order valence-electron chi connectivity index (χ4n) is 1.94. The van der Waals surface area contributed by atoms with Crippen LogP contribution in [0.2, 0.25) is 0 Å². The van der Waals surface area contributed by atoms with Crippen LogP contribution >= 0.6 is 11.3 Å². The lowest BCUT2D eigenvalue weighted by molar-refractivity contribution is -0.123. The summed E-state index contributed by atoms with van der Waals surface area (Å²) >= 11 is 1.52. The molecule has 17 heavy (non-hydrogen) atoms. The molecule has 1 aromatic heterocycles. The van der Waals surface area contributed by atoms with Crippen LogP contribution in [-0.2, 0) is 10.3 Å². The molecular weight excluding hydrogens is 236 g/mol. The number of urea groups is 1. The van der Waals surface area contributed by atoms with Crippen LogP contribution < -0.4 is 10.6 Å². The van der Waals surface area contributed by atoms with Crippen LogP contribution in [0.5, 0.6) is 0 Å². The standard InChI is InChI=1S/C12H10N2O2S/c1-12(10(15)13-11(16)14-12)9-6-7-4-2-3-5-8(7)17-9/h2-6H,1H3,(H2,13,14,15,16)/t12-/m0/s1. The van der Waals surface area contributed by atoms with E-state index in [9.17, 15) is 9.59 Å². The highest BCUT2D eigenvalue weighted by Crippen LogP contribution is 2.34. The lowest BCUT2D eigenvalue weighted by atomic mass is 10.0. The van der Waals surface area contributed by atoms with E-state index < -0.39 is 11.6 Å². The van der Waals surface area contributed by atoms with Gasteiger partial charge in [0.2, 0.25) is 0 Å². The zero-order chi connectivity index (χ0) is 12.0. The van der Waals surface area contributed by atoms with Crippen molar-refractivity contribution in [1.82, 2.24) is 10.6 Å². The van der Waals surface area contributed by atoms with E-state index in [0.29, 0.717) is 0 Å². The molecule has 2 aromatic rings. The van der Waals surface area contributed by atoms with E-state index in [2.05, 4.69) is 10.6 Å². The van der Waals surface area contributed by atoms with Gasteiger partial charge in [-0.1, -0.05) is 18.2 Å². The third-order valence-corrected chi connectivity index (χ3v) is 4.30. The molecule has 2 heterocycles. The largest absolute Gasteiger partial charge is 0.322 e. The van der Waals surface area contributed by atoms with Gasteiger partial charge in [-0.3, -0.25) is 10.1 Å². The van der Waals surface area contributed by atoms with Crippen LogP contribution in [0.1, 0.15) is 11.8 Å². The van der Waals surface area contributed by atoms with Gasteiger partial charge in [-0.15, -0.1) is 11.3 Å². The summed E-state index contributed by atoms with van der Waals surface area (Å²) in [6.45, 7) is 1.72. The number of nitrogens with one attached hydrogen (secondary N) is 2. The van der Waals surface area contributed by atoms with Crippen molar-refractivity contribution in [1.29, 1.82) is 0 Å². The summed E-state index contributed by atoms with van der Waals surface area (Å²) in [4.78, 5) is 23.9. The second-order valence-electron chi connectivity index (χ2n) is 4.18. The van der Waals surface area contributed by atoms with E-state index in [1.54, 1.807) is 6.92 Å². The minimum atomic E-state index is -0.944. The molecule has 1 aromatic carbocycles. The maximum absolute atomic E-state index is 11.8. The quantitative estimate of drug-likeness (QED) is 0.756. The summed E-state index contributed by atoms with van der Waals surface area (Å²) < 4.78 is 1.11. The monoisotopic (exact) mass is 246 g/mol. The van der Waals surface area contributed by atoms with Gasteiger partial charge < -0.3 is 5.32 Å². The summed E-state index contributed by atoms with van der Waals surface area (Å²) in [6.07, 6.45) is 0. The van der Waals surface area contributed by atoms with Crippen molar-refractivity contribution in [3.05, 3.63) is 35.2 Å². The Bertz CT molecular complexity index is 601. The minimum Gasteiger partial charge on any atom is -0.319 e. The Morgan fingerprint density at radius 1 is 1.24 bits per heavy atom. The van der Waals surface area contributed by atoms with E-state index in [4.69, 9.17) is 0 Å². The fraction of sp³-hybridized carbons (Fsp3) is 0.167. The van der Waals surface area contributed by atoms with Gasteiger partial charge in [0.1, 0.15) is 0 Å². The van der Waals surface area contributed by atoms with Gasteiger partial charge in [0.15, 0.2) is 5.54 Å². The van der Waals surface area contributed by atoms with Crippen LogP contribution in [0.4, 0.5) is 4.79 Å². The molecule has 3 amide bonds. The number of benzene rings is 1. The number of thiophene rings is 1. The molecule has 0 saturated carbocycles. The molecule has 0 bridgehead atoms. The topological polar surface area (TPSA) is 58.2 Å². The molecule has 2 N–H and O–H groups in total. The number of fused-ring (bicyclic) bond motifs is 1. The molecule has 1 aliphatic rings. The third-order valence-electron chi connectivity index (χ3n) is 2.96. The van der Waals surface area contributed by atoms with Crippen molar-refractivity contribution in [3.8, 4) is 0 Å². The Labute approximate surface area is 102 Å². The second-order valence-corrected chi connectivity index (χ2v) is 5.27. The highest BCUT2D eigenvalue weighted by molar-refractivity contribution is 7.19. The second kappa shape index (κ2) is 3.30. The molecule has 1 atom stereocenters. The first kappa shape index (κ1) is 10.3. The first-order valence-corrected chi connectivity index (χ1v) is 6.04. The van der Waals surface area contributed by atoms with Gasteiger partial charge in [-0.2, -0.15) is 0 Å². The molecule has 3 rings (SSSR count). The minimum absolute atomic E-state index is 0.297. The maximum Gasteiger partial charge on any atom is 0.322 e. The Morgan fingerprint density at radius 2 is 2.00 bits per heavy atom. The number of amides is 3. The zero-order valence-corrected chi connectivity index (χ0v) is 9.93. The van der Waals surface area contributed by atoms with Gasteiger partial charge in [-0.05, 0) is 24.4 Å². The molecule has 1 aliphatic heterocycles. The first-order valence-electron chi connectivity index (χ1n) is 5.22. The molecule has 0 radical (unpaired) electrons. The Balaban J connectivity index is 2.15. The third kappa shape index (κ3) is 1.43. The summed E-state index contributed by atoms with van der Waals surface area (Å²) in [5.41, 5.74) is -0.944. The number of imide groups is 1. The number of carbonyl (C=O) groups excluding carboxylic acids is 2. The zero-order valence-electron chi connectivity index (χ0n) is 9.11. The maximum atomic E-state index is 11.8. The van der Waals surface area contributed by atoms with Crippen LogP contribution in [0.15, 0.2) is 30.3 Å². The van der Waals surface area contributed by atoms with E-state index >= 15 is 0 Å². The smallest absolute Gasteiger partial charge is 0.319 e. The lowest BCUT2D eigenvalue weighted by Gasteiger charge is -2.18. The van der Waals surface area contributed by atoms with Crippen molar-refractivity contribution in [2.24, 2.45) is 0 Å². The molecule has 86 valence electrons. The van der Waals surface area contributed by atoms with Gasteiger partial charge in [0, 0.05) is 9.58 Å². The van der Waals surface area contributed by atoms with E-state index in [1.165, 1.54) is 11.3 Å². The average molecular weight is 246 g/mol. The SMILES string of the molecule is C[C@@]1(c2cc3ccccc3s2)NC(=O)NC1=O. The van der Waals surface area contributed by atoms with E-state index in [-0.39, 0.29) is 5.91 Å². The van der Waals surface area contributed by atoms with Gasteiger partial charge in [0.05, 0.1) is 0 Å². The molecule has 5 heteroatoms. The van der Waals surface area contributed by atoms with Crippen molar-refractivity contribution in [2.75, 3.05) is 0 Å². The lowest BCUT2D eigenvalue weighted by Crippen LogP contribution is -2.39. The summed E-state index contributed by atoms with van der Waals surface area (Å²) in [5.74, 6) is -0.297. The van der Waals surface area contributed by atoms with Gasteiger partial charge in [0.25, 0.3) is 5.91 Å². The summed E-state index contributed by atoms with van der Waals surface area (Å²) in [5, 5.41) is 6.02. The van der Waals surface area contributed by atoms with Crippen molar-refractivity contribution < 1.29 is 9.59 Å². The molecule has 1 saturated heterocycles. The van der Waals surface area contributed by atoms with Crippen molar-refractivity contribution in [3.63, 3.8) is 0 Å². The normalized spacial score (nSPS) is 23.8. The predicted molar refractivity (Wildman–Crippen MR) is 65.9 cm³/mol. The fourth-order valence-corrected chi connectivity index (χ4v) is 3.11. The number of hydrogen-bond acceptors (Lipinski definition) is 3. The first-order chi connectivity index (χ1) is 8.09. The Kier molecular flexibility index (Phi) is 2.00. The highest BCUT2D eigenvalue weighted by atomic mass is 32.1. The molecule has 0 aliphatic carbocycles. The van der Waals surface area contributed by atoms with Crippen molar-refractivity contribution >= 4 is 33.4 Å². The molecule has 0 unspecified atom stereocenters. The van der Waals surface area contributed by atoms with Crippen LogP contribution in [-0.4, -0.2) is 11.9 Å². The molecule has 0 spiro atoms. The molecule has 4 nitrogen and oxygen atoms in total. The van der Waals surface area contributed by atoms with Crippen LogP contribution in [0, 0.1) is 0 Å². The average Bonchev–Trinajstić information content (AvgIpc) is 2.81. The van der Waals surface area contributed by atoms with Crippen LogP contribution in [0.25, 0.3) is 10.1 Å².